The Kier molecular flexibility index (Phi) is 4.09. The maximum absolute atomic E-state index is 12.7. The van der Waals surface area contributed by atoms with Crippen LogP contribution in [0.4, 0.5) is 0 Å². The highest BCUT2D eigenvalue weighted by atomic mass is 32.2. The van der Waals surface area contributed by atoms with Gasteiger partial charge in [0.05, 0.1) is 17.4 Å². The van der Waals surface area contributed by atoms with Gasteiger partial charge in [-0.1, -0.05) is 0 Å². The third-order valence-electron chi connectivity index (χ3n) is 5.65. The maximum Gasteiger partial charge on any atom is 0.314 e. The lowest BCUT2D eigenvalue weighted by Gasteiger charge is -2.29. The Labute approximate surface area is 140 Å². The quantitative estimate of drug-likeness (QED) is 0.707. The Morgan fingerprint density at radius 1 is 1.25 bits per heavy atom. The number of rotatable bonds is 3. The first kappa shape index (κ1) is 17.2. The van der Waals surface area contributed by atoms with Gasteiger partial charge in [0.15, 0.2) is 0 Å². The molecular formula is C15H22N2O6S. The average Bonchev–Trinajstić information content (AvgIpc) is 3.03. The molecule has 3 heterocycles. The fourth-order valence-electron chi connectivity index (χ4n) is 4.14. The molecule has 134 valence electrons. The SMILES string of the molecule is CCN1C[C@@]2(C(=O)O)CN(C(=O)C3CCS(=O)(=O)CC3)C[C@H]2C1=O. The van der Waals surface area contributed by atoms with Gasteiger partial charge in [0.1, 0.15) is 15.3 Å². The van der Waals surface area contributed by atoms with E-state index in [2.05, 4.69) is 0 Å². The molecule has 24 heavy (non-hydrogen) atoms. The molecule has 3 aliphatic rings. The van der Waals surface area contributed by atoms with Gasteiger partial charge in [-0.15, -0.1) is 0 Å². The molecule has 3 fully saturated rings. The largest absolute Gasteiger partial charge is 0.481 e. The first-order valence-corrected chi connectivity index (χ1v) is 10.0. The highest BCUT2D eigenvalue weighted by Crippen LogP contribution is 2.44. The number of carboxylic acid groups (broad SMARTS) is 1. The minimum absolute atomic E-state index is 0.00666. The molecule has 0 aromatic heterocycles. The molecule has 0 spiro atoms. The number of sulfone groups is 1. The fraction of sp³-hybridized carbons (Fsp3) is 0.800. The molecule has 8 nitrogen and oxygen atoms in total. The van der Waals surface area contributed by atoms with Gasteiger partial charge >= 0.3 is 5.97 Å². The van der Waals surface area contributed by atoms with E-state index in [1.807, 2.05) is 0 Å². The van der Waals surface area contributed by atoms with Crippen LogP contribution in [0.3, 0.4) is 0 Å². The summed E-state index contributed by atoms with van der Waals surface area (Å²) < 4.78 is 23.0. The first-order valence-electron chi connectivity index (χ1n) is 8.21. The van der Waals surface area contributed by atoms with Crippen LogP contribution in [0.1, 0.15) is 19.8 Å². The van der Waals surface area contributed by atoms with E-state index in [0.29, 0.717) is 6.54 Å². The number of carboxylic acids is 1. The molecule has 0 aliphatic carbocycles. The Morgan fingerprint density at radius 2 is 1.88 bits per heavy atom. The summed E-state index contributed by atoms with van der Waals surface area (Å²) in [5.41, 5.74) is -1.23. The van der Waals surface area contributed by atoms with E-state index in [1.165, 1.54) is 9.80 Å². The molecule has 0 unspecified atom stereocenters. The van der Waals surface area contributed by atoms with Crippen molar-refractivity contribution in [2.45, 2.75) is 19.8 Å². The lowest BCUT2D eigenvalue weighted by Crippen LogP contribution is -2.44. The van der Waals surface area contributed by atoms with Crippen LogP contribution in [0.25, 0.3) is 0 Å². The molecule has 2 amide bonds. The van der Waals surface area contributed by atoms with Crippen LogP contribution in [0, 0.1) is 17.3 Å². The number of nitrogens with zero attached hydrogens (tertiary/aromatic N) is 2. The second-order valence-electron chi connectivity index (χ2n) is 7.01. The lowest BCUT2D eigenvalue weighted by molar-refractivity contribution is -0.150. The normalized spacial score (nSPS) is 32.9. The molecule has 1 N–H and O–H groups in total. The van der Waals surface area contributed by atoms with Crippen LogP contribution >= 0.6 is 0 Å². The summed E-state index contributed by atoms with van der Waals surface area (Å²) in [6, 6.07) is 0. The summed E-state index contributed by atoms with van der Waals surface area (Å²) >= 11 is 0. The molecule has 3 aliphatic heterocycles. The van der Waals surface area contributed by atoms with E-state index < -0.39 is 33.1 Å². The van der Waals surface area contributed by atoms with Gasteiger partial charge in [0.2, 0.25) is 11.8 Å². The summed E-state index contributed by atoms with van der Waals surface area (Å²) in [7, 11) is -3.06. The highest BCUT2D eigenvalue weighted by Gasteiger charge is 2.62. The van der Waals surface area contributed by atoms with Crippen LogP contribution in [0.2, 0.25) is 0 Å². The van der Waals surface area contributed by atoms with Gasteiger partial charge in [-0.3, -0.25) is 14.4 Å². The molecule has 9 heteroatoms. The van der Waals surface area contributed by atoms with Gasteiger partial charge in [-0.05, 0) is 19.8 Å². The first-order chi connectivity index (χ1) is 11.2. The average molecular weight is 358 g/mol. The van der Waals surface area contributed by atoms with Crippen molar-refractivity contribution in [3.8, 4) is 0 Å². The number of carbonyl (C=O) groups is 3. The number of fused-ring (bicyclic) bond motifs is 1. The van der Waals surface area contributed by atoms with Crippen LogP contribution in [0.15, 0.2) is 0 Å². The summed E-state index contributed by atoms with van der Waals surface area (Å²) in [5.74, 6) is -2.57. The topological polar surface area (TPSA) is 112 Å². The second kappa shape index (κ2) is 5.72. The van der Waals surface area contributed by atoms with E-state index >= 15 is 0 Å². The van der Waals surface area contributed by atoms with Crippen LogP contribution in [-0.2, 0) is 24.2 Å². The van der Waals surface area contributed by atoms with Gasteiger partial charge in [-0.2, -0.15) is 0 Å². The number of carbonyl (C=O) groups excluding carboxylic acids is 2. The predicted molar refractivity (Wildman–Crippen MR) is 83.8 cm³/mol. The van der Waals surface area contributed by atoms with E-state index in [-0.39, 0.29) is 55.8 Å². The van der Waals surface area contributed by atoms with Crippen molar-refractivity contribution in [2.24, 2.45) is 17.3 Å². The summed E-state index contributed by atoms with van der Waals surface area (Å²) in [4.78, 5) is 39.9. The van der Waals surface area contributed by atoms with Crippen molar-refractivity contribution in [3.05, 3.63) is 0 Å². The van der Waals surface area contributed by atoms with Crippen LogP contribution < -0.4 is 0 Å². The van der Waals surface area contributed by atoms with Crippen molar-refractivity contribution in [2.75, 3.05) is 37.7 Å². The molecule has 0 bridgehead atoms. The monoisotopic (exact) mass is 358 g/mol. The number of aliphatic carboxylic acids is 1. The van der Waals surface area contributed by atoms with Crippen molar-refractivity contribution in [3.63, 3.8) is 0 Å². The summed E-state index contributed by atoms with van der Waals surface area (Å²) in [5, 5.41) is 9.69. The van der Waals surface area contributed by atoms with Crippen LogP contribution in [-0.4, -0.2) is 78.8 Å². The number of likely N-dealkylation sites (tertiary alicyclic amines) is 2. The molecule has 0 saturated carbocycles. The third kappa shape index (κ3) is 2.58. The van der Waals surface area contributed by atoms with Gasteiger partial charge in [0, 0.05) is 32.1 Å². The Hall–Kier alpha value is -1.64. The minimum Gasteiger partial charge on any atom is -0.481 e. The second-order valence-corrected chi connectivity index (χ2v) is 9.31. The van der Waals surface area contributed by atoms with Gasteiger partial charge in [-0.25, -0.2) is 8.42 Å². The standard InChI is InChI=1S/C15H22N2O6S/c1-2-16-8-15(14(20)21)9-17(7-11(15)13(16)19)12(18)10-3-5-24(22,23)6-4-10/h10-11H,2-9H2,1H3,(H,20,21)/t11-,15+/m0/s1. The lowest BCUT2D eigenvalue weighted by atomic mass is 9.81. The molecular weight excluding hydrogens is 336 g/mol. The minimum atomic E-state index is -3.06. The van der Waals surface area contributed by atoms with E-state index in [1.54, 1.807) is 6.92 Å². The third-order valence-corrected chi connectivity index (χ3v) is 7.36. The maximum atomic E-state index is 12.7. The zero-order valence-corrected chi connectivity index (χ0v) is 14.4. The van der Waals surface area contributed by atoms with Crippen molar-refractivity contribution >= 4 is 27.6 Å². The number of amides is 2. The zero-order valence-electron chi connectivity index (χ0n) is 13.6. The molecule has 3 rings (SSSR count). The molecule has 3 saturated heterocycles. The van der Waals surface area contributed by atoms with Crippen molar-refractivity contribution < 1.29 is 27.9 Å². The smallest absolute Gasteiger partial charge is 0.314 e. The zero-order chi connectivity index (χ0) is 17.7. The van der Waals surface area contributed by atoms with E-state index in [9.17, 15) is 27.9 Å². The molecule has 0 aromatic carbocycles. The Balaban J connectivity index is 1.76. The molecule has 2 atom stereocenters. The fourth-order valence-corrected chi connectivity index (χ4v) is 5.63. The van der Waals surface area contributed by atoms with Crippen molar-refractivity contribution in [1.29, 1.82) is 0 Å². The summed E-state index contributed by atoms with van der Waals surface area (Å²) in [6.07, 6.45) is 0.550. The Morgan fingerprint density at radius 3 is 2.38 bits per heavy atom. The van der Waals surface area contributed by atoms with E-state index in [0.717, 1.165) is 0 Å². The van der Waals surface area contributed by atoms with Gasteiger partial charge < -0.3 is 14.9 Å². The molecule has 0 radical (unpaired) electrons. The number of hydrogen-bond donors (Lipinski definition) is 1. The van der Waals surface area contributed by atoms with Crippen molar-refractivity contribution in [1.82, 2.24) is 9.80 Å². The highest BCUT2D eigenvalue weighted by molar-refractivity contribution is 7.91. The number of hydrogen-bond acceptors (Lipinski definition) is 5. The molecule has 0 aromatic rings. The summed E-state index contributed by atoms with van der Waals surface area (Å²) in [6.45, 7) is 2.53. The van der Waals surface area contributed by atoms with E-state index in [4.69, 9.17) is 0 Å². The predicted octanol–water partition coefficient (Wildman–Crippen LogP) is -0.797. The van der Waals surface area contributed by atoms with Gasteiger partial charge in [0.25, 0.3) is 0 Å². The van der Waals surface area contributed by atoms with Crippen LogP contribution in [0.5, 0.6) is 0 Å². The Bertz CT molecular complexity index is 676.